The monoisotopic (exact) mass is 458 g/mol. The number of rotatable bonds is 6. The van der Waals surface area contributed by atoms with Gasteiger partial charge >= 0.3 is 0 Å². The van der Waals surface area contributed by atoms with Gasteiger partial charge in [0.2, 0.25) is 5.91 Å². The van der Waals surface area contributed by atoms with Crippen molar-refractivity contribution in [3.05, 3.63) is 47.2 Å². The fraction of sp³-hybridized carbons (Fsp3) is 0.381. The standard InChI is InChI=1S/C21H23FN6O3S/c1-12-17-18(24-16(29)8-11-31-3)25-19(20-23-13(2)26-32-20)28(17)10-9-27(12)21(30)14-4-6-15(22)7-5-14/h4-7,12H,8-11H2,1-3H3,(H,24,29)/t12-/m1/s1. The third-order valence-electron chi connectivity index (χ3n) is 5.30. The Kier molecular flexibility index (Phi) is 6.28. The van der Waals surface area contributed by atoms with E-state index in [1.54, 1.807) is 11.8 Å². The van der Waals surface area contributed by atoms with E-state index in [1.165, 1.54) is 42.9 Å². The second kappa shape index (κ2) is 9.13. The number of nitrogens with zero attached hydrogens (tertiary/aromatic N) is 5. The van der Waals surface area contributed by atoms with Gasteiger partial charge in [-0.3, -0.25) is 9.59 Å². The molecule has 0 saturated carbocycles. The van der Waals surface area contributed by atoms with E-state index < -0.39 is 5.82 Å². The van der Waals surface area contributed by atoms with Crippen molar-refractivity contribution in [3.8, 4) is 10.8 Å². The molecule has 3 heterocycles. The summed E-state index contributed by atoms with van der Waals surface area (Å²) in [6.45, 7) is 4.88. The summed E-state index contributed by atoms with van der Waals surface area (Å²) in [4.78, 5) is 36.3. The third kappa shape index (κ3) is 4.26. The maximum absolute atomic E-state index is 13.3. The number of methoxy groups -OCH3 is 1. The van der Waals surface area contributed by atoms with Crippen LogP contribution in [0.2, 0.25) is 0 Å². The molecule has 168 valence electrons. The van der Waals surface area contributed by atoms with Crippen molar-refractivity contribution in [3.63, 3.8) is 0 Å². The Bertz CT molecular complexity index is 1140. The molecular formula is C21H23FN6O3S. The van der Waals surface area contributed by atoms with E-state index in [4.69, 9.17) is 4.74 Å². The third-order valence-corrected chi connectivity index (χ3v) is 6.10. The minimum Gasteiger partial charge on any atom is -0.384 e. The number of carbonyl (C=O) groups excluding carboxylic acids is 2. The van der Waals surface area contributed by atoms with Crippen LogP contribution in [0.3, 0.4) is 0 Å². The number of ether oxygens (including phenoxy) is 1. The molecule has 4 rings (SSSR count). The Hall–Kier alpha value is -3.18. The molecule has 0 aliphatic carbocycles. The summed E-state index contributed by atoms with van der Waals surface area (Å²) in [6, 6.07) is 5.10. The lowest BCUT2D eigenvalue weighted by molar-refractivity contribution is -0.117. The van der Waals surface area contributed by atoms with Gasteiger partial charge in [0.1, 0.15) is 11.6 Å². The molecule has 0 bridgehead atoms. The van der Waals surface area contributed by atoms with Gasteiger partial charge in [-0.25, -0.2) is 14.4 Å². The molecule has 3 aromatic rings. The molecule has 1 N–H and O–H groups in total. The molecule has 9 nitrogen and oxygen atoms in total. The molecule has 1 aromatic carbocycles. The summed E-state index contributed by atoms with van der Waals surface area (Å²) in [7, 11) is 1.53. The van der Waals surface area contributed by atoms with Gasteiger partial charge in [-0.05, 0) is 49.6 Å². The zero-order chi connectivity index (χ0) is 22.8. The normalized spacial score (nSPS) is 15.5. The molecule has 1 atom stereocenters. The number of carbonyl (C=O) groups is 2. The first-order valence-corrected chi connectivity index (χ1v) is 10.9. The van der Waals surface area contributed by atoms with Crippen molar-refractivity contribution in [2.75, 3.05) is 25.6 Å². The lowest BCUT2D eigenvalue weighted by Gasteiger charge is -2.35. The van der Waals surface area contributed by atoms with Crippen LogP contribution in [0.1, 0.15) is 41.3 Å². The molecule has 0 radical (unpaired) electrons. The largest absolute Gasteiger partial charge is 0.384 e. The van der Waals surface area contributed by atoms with E-state index in [2.05, 4.69) is 19.7 Å². The van der Waals surface area contributed by atoms with Crippen LogP contribution in [-0.2, 0) is 16.1 Å². The number of amides is 2. The number of aromatic nitrogens is 4. The maximum atomic E-state index is 13.3. The van der Waals surface area contributed by atoms with Crippen LogP contribution in [0, 0.1) is 12.7 Å². The van der Waals surface area contributed by atoms with Crippen LogP contribution in [0.25, 0.3) is 10.8 Å². The number of benzene rings is 1. The van der Waals surface area contributed by atoms with Crippen molar-refractivity contribution in [1.29, 1.82) is 0 Å². The van der Waals surface area contributed by atoms with E-state index >= 15 is 0 Å². The number of hydrogen-bond acceptors (Lipinski definition) is 7. The summed E-state index contributed by atoms with van der Waals surface area (Å²) in [5.74, 6) is 0.789. The van der Waals surface area contributed by atoms with Crippen LogP contribution in [-0.4, -0.2) is 55.9 Å². The van der Waals surface area contributed by atoms with Gasteiger partial charge in [-0.1, -0.05) is 0 Å². The quantitative estimate of drug-likeness (QED) is 0.609. The summed E-state index contributed by atoms with van der Waals surface area (Å²) in [5, 5.41) is 3.50. The summed E-state index contributed by atoms with van der Waals surface area (Å²) < 4.78 is 24.5. The van der Waals surface area contributed by atoms with Crippen LogP contribution in [0.15, 0.2) is 24.3 Å². The van der Waals surface area contributed by atoms with Crippen molar-refractivity contribution < 1.29 is 18.7 Å². The average Bonchev–Trinajstić information content (AvgIpc) is 3.36. The van der Waals surface area contributed by atoms with Crippen molar-refractivity contribution in [1.82, 2.24) is 23.8 Å². The number of fused-ring (bicyclic) bond motifs is 1. The maximum Gasteiger partial charge on any atom is 0.254 e. The highest BCUT2D eigenvalue weighted by Crippen LogP contribution is 2.36. The smallest absolute Gasteiger partial charge is 0.254 e. The Morgan fingerprint density at radius 1 is 1.25 bits per heavy atom. The molecule has 2 aromatic heterocycles. The fourth-order valence-electron chi connectivity index (χ4n) is 3.73. The van der Waals surface area contributed by atoms with Crippen LogP contribution in [0.4, 0.5) is 10.2 Å². The summed E-state index contributed by atoms with van der Waals surface area (Å²) in [5.41, 5.74) is 1.11. The molecule has 32 heavy (non-hydrogen) atoms. The van der Waals surface area contributed by atoms with Crippen molar-refractivity contribution in [2.45, 2.75) is 32.9 Å². The molecule has 11 heteroatoms. The molecule has 0 spiro atoms. The van der Waals surface area contributed by atoms with E-state index in [0.717, 1.165) is 0 Å². The molecule has 0 saturated heterocycles. The van der Waals surface area contributed by atoms with E-state index in [0.29, 0.717) is 46.8 Å². The minimum atomic E-state index is -0.399. The minimum absolute atomic E-state index is 0.183. The average molecular weight is 459 g/mol. The highest BCUT2D eigenvalue weighted by atomic mass is 32.1. The number of imidazole rings is 1. The van der Waals surface area contributed by atoms with Gasteiger partial charge in [-0.2, -0.15) is 4.37 Å². The van der Waals surface area contributed by atoms with E-state index in [1.807, 2.05) is 11.5 Å². The van der Waals surface area contributed by atoms with E-state index in [-0.39, 0.29) is 30.9 Å². The van der Waals surface area contributed by atoms with Crippen molar-refractivity contribution >= 4 is 29.2 Å². The summed E-state index contributed by atoms with van der Waals surface area (Å²) >= 11 is 1.23. The first-order chi connectivity index (χ1) is 15.4. The lowest BCUT2D eigenvalue weighted by Crippen LogP contribution is -2.41. The van der Waals surface area contributed by atoms with E-state index in [9.17, 15) is 14.0 Å². The SMILES string of the molecule is COCCC(=O)Nc1nc(-c2nc(C)ns2)n2c1[C@@H](C)N(C(=O)c1ccc(F)cc1)CC2. The van der Waals surface area contributed by atoms with Crippen LogP contribution >= 0.6 is 11.5 Å². The Morgan fingerprint density at radius 3 is 2.66 bits per heavy atom. The van der Waals surface area contributed by atoms with Crippen LogP contribution < -0.4 is 5.32 Å². The highest BCUT2D eigenvalue weighted by Gasteiger charge is 2.35. The second-order valence-electron chi connectivity index (χ2n) is 7.44. The first-order valence-electron chi connectivity index (χ1n) is 10.2. The van der Waals surface area contributed by atoms with Gasteiger partial charge in [-0.15, -0.1) is 0 Å². The van der Waals surface area contributed by atoms with Gasteiger partial charge in [0.15, 0.2) is 16.6 Å². The molecule has 2 amide bonds. The van der Waals surface area contributed by atoms with Gasteiger partial charge in [0.05, 0.1) is 24.8 Å². The molecule has 1 aliphatic heterocycles. The molecular weight excluding hydrogens is 435 g/mol. The Morgan fingerprint density at radius 2 is 2.00 bits per heavy atom. The lowest BCUT2D eigenvalue weighted by atomic mass is 10.1. The van der Waals surface area contributed by atoms with Gasteiger partial charge < -0.3 is 19.5 Å². The zero-order valence-electron chi connectivity index (χ0n) is 18.0. The van der Waals surface area contributed by atoms with Gasteiger partial charge in [0, 0.05) is 25.8 Å². The fourth-order valence-corrected chi connectivity index (χ4v) is 4.40. The van der Waals surface area contributed by atoms with Crippen LogP contribution in [0.5, 0.6) is 0 Å². The van der Waals surface area contributed by atoms with Gasteiger partial charge in [0.25, 0.3) is 5.91 Å². The van der Waals surface area contributed by atoms with Crippen molar-refractivity contribution in [2.24, 2.45) is 0 Å². The second-order valence-corrected chi connectivity index (χ2v) is 8.19. The number of nitrogens with one attached hydrogen (secondary N) is 1. The molecule has 1 aliphatic rings. The topological polar surface area (TPSA) is 102 Å². The Labute approximate surface area is 188 Å². The summed E-state index contributed by atoms with van der Waals surface area (Å²) in [6.07, 6.45) is 0.183. The Balaban J connectivity index is 1.70. The molecule has 0 unspecified atom stereocenters. The first kappa shape index (κ1) is 22.0. The predicted octanol–water partition coefficient (Wildman–Crippen LogP) is 3.04. The predicted molar refractivity (Wildman–Crippen MR) is 117 cm³/mol. The highest BCUT2D eigenvalue weighted by molar-refractivity contribution is 7.09. The number of hydrogen-bond donors (Lipinski definition) is 1. The number of halogens is 1. The zero-order valence-corrected chi connectivity index (χ0v) is 18.8. The number of anilines is 1. The molecule has 0 fully saturated rings. The number of aryl methyl sites for hydroxylation is 1.